The standard InChI is InChI=1S/C10H6BrCl2N/c11-5-6-3-10(13)14-9-4-7(12)1-2-8(6)9/h1-4H,5H2. The van der Waals surface area contributed by atoms with Gasteiger partial charge in [-0.1, -0.05) is 45.2 Å². The van der Waals surface area contributed by atoms with E-state index >= 15 is 0 Å². The lowest BCUT2D eigenvalue weighted by Crippen LogP contribution is -1.86. The molecule has 0 amide bonds. The molecule has 0 N–H and O–H groups in total. The van der Waals surface area contributed by atoms with Crippen LogP contribution in [-0.4, -0.2) is 4.98 Å². The number of halogens is 3. The van der Waals surface area contributed by atoms with Gasteiger partial charge < -0.3 is 0 Å². The number of aromatic nitrogens is 1. The first kappa shape index (κ1) is 10.2. The van der Waals surface area contributed by atoms with Crippen molar-refractivity contribution in [3.05, 3.63) is 40.0 Å². The highest BCUT2D eigenvalue weighted by molar-refractivity contribution is 9.08. The van der Waals surface area contributed by atoms with Gasteiger partial charge >= 0.3 is 0 Å². The minimum absolute atomic E-state index is 0.495. The summed E-state index contributed by atoms with van der Waals surface area (Å²) in [6, 6.07) is 7.48. The molecule has 0 spiro atoms. The molecular formula is C10H6BrCl2N. The molecule has 0 radical (unpaired) electrons. The minimum Gasteiger partial charge on any atom is -0.236 e. The summed E-state index contributed by atoms with van der Waals surface area (Å²) in [6.07, 6.45) is 0. The van der Waals surface area contributed by atoms with Gasteiger partial charge in [-0.05, 0) is 23.8 Å². The van der Waals surface area contributed by atoms with Crippen LogP contribution in [0.5, 0.6) is 0 Å². The summed E-state index contributed by atoms with van der Waals surface area (Å²) in [5.41, 5.74) is 1.95. The van der Waals surface area contributed by atoms with Gasteiger partial charge in [-0.15, -0.1) is 0 Å². The third kappa shape index (κ3) is 1.88. The van der Waals surface area contributed by atoms with E-state index in [-0.39, 0.29) is 0 Å². The van der Waals surface area contributed by atoms with Crippen LogP contribution in [0.15, 0.2) is 24.3 Å². The van der Waals surface area contributed by atoms with Gasteiger partial charge in [-0.3, -0.25) is 0 Å². The number of fused-ring (bicyclic) bond motifs is 1. The Morgan fingerprint density at radius 1 is 1.21 bits per heavy atom. The molecule has 0 aliphatic rings. The number of alkyl halides is 1. The summed E-state index contributed by atoms with van der Waals surface area (Å²) >= 11 is 15.2. The Morgan fingerprint density at radius 3 is 2.71 bits per heavy atom. The number of pyridine rings is 1. The van der Waals surface area contributed by atoms with Gasteiger partial charge in [0, 0.05) is 15.7 Å². The van der Waals surface area contributed by atoms with Gasteiger partial charge in [-0.2, -0.15) is 0 Å². The van der Waals surface area contributed by atoms with Gasteiger partial charge in [0.1, 0.15) is 5.15 Å². The van der Waals surface area contributed by atoms with Crippen LogP contribution >= 0.6 is 39.1 Å². The predicted octanol–water partition coefficient (Wildman–Crippen LogP) is 4.44. The smallest absolute Gasteiger partial charge is 0.130 e. The van der Waals surface area contributed by atoms with Gasteiger partial charge in [0.05, 0.1) is 5.52 Å². The Bertz CT molecular complexity index is 480. The highest BCUT2D eigenvalue weighted by atomic mass is 79.9. The summed E-state index contributed by atoms with van der Waals surface area (Å²) in [5.74, 6) is 0. The minimum atomic E-state index is 0.495. The lowest BCUT2D eigenvalue weighted by atomic mass is 10.1. The van der Waals surface area contributed by atoms with E-state index in [9.17, 15) is 0 Å². The van der Waals surface area contributed by atoms with Crippen LogP contribution in [0.25, 0.3) is 10.9 Å². The summed E-state index contributed by atoms with van der Waals surface area (Å²) < 4.78 is 0. The lowest BCUT2D eigenvalue weighted by molar-refractivity contribution is 1.36. The Kier molecular flexibility index (Phi) is 2.96. The second kappa shape index (κ2) is 4.05. The first-order chi connectivity index (χ1) is 6.70. The van der Waals surface area contributed by atoms with Crippen molar-refractivity contribution in [2.75, 3.05) is 0 Å². The zero-order chi connectivity index (χ0) is 10.1. The van der Waals surface area contributed by atoms with Crippen LogP contribution in [0.3, 0.4) is 0 Å². The van der Waals surface area contributed by atoms with Gasteiger partial charge in [-0.25, -0.2) is 4.98 Å². The maximum absolute atomic E-state index is 5.88. The fraction of sp³-hybridized carbons (Fsp3) is 0.100. The molecule has 14 heavy (non-hydrogen) atoms. The van der Waals surface area contributed by atoms with Crippen LogP contribution in [-0.2, 0) is 5.33 Å². The summed E-state index contributed by atoms with van der Waals surface area (Å²) in [5, 5.41) is 3.01. The normalized spacial score (nSPS) is 10.8. The number of hydrogen-bond donors (Lipinski definition) is 0. The topological polar surface area (TPSA) is 12.9 Å². The quantitative estimate of drug-likeness (QED) is 0.559. The van der Waals surface area contributed by atoms with Crippen LogP contribution in [0, 0.1) is 0 Å². The zero-order valence-corrected chi connectivity index (χ0v) is 10.2. The molecule has 0 saturated heterocycles. The van der Waals surface area contributed by atoms with E-state index in [1.807, 2.05) is 24.3 Å². The summed E-state index contributed by atoms with van der Waals surface area (Å²) in [6.45, 7) is 0. The molecule has 0 saturated carbocycles. The number of hydrogen-bond acceptors (Lipinski definition) is 1. The first-order valence-corrected chi connectivity index (χ1v) is 5.89. The molecule has 1 aromatic carbocycles. The fourth-order valence-electron chi connectivity index (χ4n) is 1.35. The van der Waals surface area contributed by atoms with Gasteiger partial charge in [0.25, 0.3) is 0 Å². The van der Waals surface area contributed by atoms with Crippen molar-refractivity contribution in [2.24, 2.45) is 0 Å². The third-order valence-electron chi connectivity index (χ3n) is 1.97. The van der Waals surface area contributed by atoms with Crippen LogP contribution in [0.2, 0.25) is 10.2 Å². The largest absolute Gasteiger partial charge is 0.236 e. The van der Waals surface area contributed by atoms with E-state index in [2.05, 4.69) is 20.9 Å². The van der Waals surface area contributed by atoms with E-state index in [1.54, 1.807) is 0 Å². The Hall–Kier alpha value is -0.310. The summed E-state index contributed by atoms with van der Waals surface area (Å²) in [4.78, 5) is 4.21. The maximum atomic E-state index is 5.88. The van der Waals surface area contributed by atoms with Crippen LogP contribution in [0.4, 0.5) is 0 Å². The molecule has 0 bridgehead atoms. The van der Waals surface area contributed by atoms with Crippen molar-refractivity contribution < 1.29 is 0 Å². The molecular weight excluding hydrogens is 285 g/mol. The molecule has 0 atom stereocenters. The third-order valence-corrected chi connectivity index (χ3v) is 3.00. The van der Waals surface area contributed by atoms with Crippen molar-refractivity contribution in [3.8, 4) is 0 Å². The average Bonchev–Trinajstić information content (AvgIpc) is 2.15. The Morgan fingerprint density at radius 2 is 2.00 bits per heavy atom. The molecule has 2 rings (SSSR count). The molecule has 0 aliphatic carbocycles. The van der Waals surface area contributed by atoms with E-state index in [1.165, 1.54) is 0 Å². The highest BCUT2D eigenvalue weighted by Crippen LogP contribution is 2.25. The highest BCUT2D eigenvalue weighted by Gasteiger charge is 2.03. The Balaban J connectivity index is 2.81. The molecule has 0 aliphatic heterocycles. The molecule has 1 nitrogen and oxygen atoms in total. The van der Waals surface area contributed by atoms with Crippen molar-refractivity contribution in [1.29, 1.82) is 0 Å². The van der Waals surface area contributed by atoms with Crippen molar-refractivity contribution in [1.82, 2.24) is 4.98 Å². The molecule has 1 aromatic heterocycles. The predicted molar refractivity (Wildman–Crippen MR) is 64.4 cm³/mol. The van der Waals surface area contributed by atoms with E-state index in [4.69, 9.17) is 23.2 Å². The molecule has 72 valence electrons. The second-order valence-electron chi connectivity index (χ2n) is 2.90. The van der Waals surface area contributed by atoms with Crippen molar-refractivity contribution >= 4 is 50.0 Å². The average molecular weight is 291 g/mol. The van der Waals surface area contributed by atoms with Crippen LogP contribution in [0.1, 0.15) is 5.56 Å². The number of nitrogens with zero attached hydrogens (tertiary/aromatic N) is 1. The first-order valence-electron chi connectivity index (χ1n) is 4.01. The number of benzene rings is 1. The SMILES string of the molecule is Clc1ccc2c(CBr)cc(Cl)nc2c1. The van der Waals surface area contributed by atoms with Crippen molar-refractivity contribution in [2.45, 2.75) is 5.33 Å². The molecule has 0 fully saturated rings. The van der Waals surface area contributed by atoms with Crippen LogP contribution < -0.4 is 0 Å². The Labute approximate surface area is 100 Å². The maximum Gasteiger partial charge on any atom is 0.130 e. The number of rotatable bonds is 1. The van der Waals surface area contributed by atoms with Crippen molar-refractivity contribution in [3.63, 3.8) is 0 Å². The molecule has 1 heterocycles. The van der Waals surface area contributed by atoms with E-state index < -0.39 is 0 Å². The summed E-state index contributed by atoms with van der Waals surface area (Å²) in [7, 11) is 0. The molecule has 2 aromatic rings. The fourth-order valence-corrected chi connectivity index (χ4v) is 2.20. The van der Waals surface area contributed by atoms with Gasteiger partial charge in [0.15, 0.2) is 0 Å². The lowest BCUT2D eigenvalue weighted by Gasteiger charge is -2.04. The molecule has 0 unspecified atom stereocenters. The molecule has 4 heteroatoms. The van der Waals surface area contributed by atoms with E-state index in [0.717, 1.165) is 21.8 Å². The monoisotopic (exact) mass is 289 g/mol. The van der Waals surface area contributed by atoms with Gasteiger partial charge in [0.2, 0.25) is 0 Å². The van der Waals surface area contributed by atoms with E-state index in [0.29, 0.717) is 10.2 Å². The zero-order valence-electron chi connectivity index (χ0n) is 7.10. The second-order valence-corrected chi connectivity index (χ2v) is 4.28.